The van der Waals surface area contributed by atoms with E-state index in [2.05, 4.69) is 5.32 Å². The van der Waals surface area contributed by atoms with E-state index >= 15 is 0 Å². The highest BCUT2D eigenvalue weighted by molar-refractivity contribution is 5.97. The number of anilines is 1. The van der Waals surface area contributed by atoms with E-state index in [-0.39, 0.29) is 12.5 Å². The highest BCUT2D eigenvalue weighted by Crippen LogP contribution is 2.30. The van der Waals surface area contributed by atoms with Gasteiger partial charge in [-0.25, -0.2) is 0 Å². The standard InChI is InChI=1S/C16H22N2O2/c19-11-10-18(12-4-1-5-12)16(20)14-6-2-8-15-13(14)7-3-9-17-15/h2,6,8,12,17,19H,1,3-5,7,9-11H2. The van der Waals surface area contributed by atoms with Crippen molar-refractivity contribution in [2.24, 2.45) is 0 Å². The van der Waals surface area contributed by atoms with Gasteiger partial charge in [-0.3, -0.25) is 4.79 Å². The molecule has 0 saturated heterocycles. The van der Waals surface area contributed by atoms with Crippen LogP contribution in [0.25, 0.3) is 0 Å². The maximum Gasteiger partial charge on any atom is 0.254 e. The second kappa shape index (κ2) is 5.83. The van der Waals surface area contributed by atoms with Gasteiger partial charge in [0.05, 0.1) is 6.61 Å². The van der Waals surface area contributed by atoms with Crippen molar-refractivity contribution < 1.29 is 9.90 Å². The quantitative estimate of drug-likeness (QED) is 0.883. The lowest BCUT2D eigenvalue weighted by atomic mass is 9.90. The Hall–Kier alpha value is -1.55. The Morgan fingerprint density at radius 2 is 2.20 bits per heavy atom. The van der Waals surface area contributed by atoms with E-state index in [1.165, 1.54) is 6.42 Å². The monoisotopic (exact) mass is 274 g/mol. The molecule has 0 radical (unpaired) electrons. The van der Waals surface area contributed by atoms with E-state index in [9.17, 15) is 9.90 Å². The summed E-state index contributed by atoms with van der Waals surface area (Å²) in [6.07, 6.45) is 5.36. The van der Waals surface area contributed by atoms with Crippen LogP contribution in [0.4, 0.5) is 5.69 Å². The zero-order valence-corrected chi connectivity index (χ0v) is 11.8. The van der Waals surface area contributed by atoms with Crippen molar-refractivity contribution in [3.8, 4) is 0 Å². The highest BCUT2D eigenvalue weighted by atomic mass is 16.3. The molecule has 0 bridgehead atoms. The second-order valence-corrected chi connectivity index (χ2v) is 5.67. The van der Waals surface area contributed by atoms with E-state index < -0.39 is 0 Å². The lowest BCUT2D eigenvalue weighted by Gasteiger charge is -2.38. The zero-order chi connectivity index (χ0) is 13.9. The number of carbonyl (C=O) groups excluding carboxylic acids is 1. The Bertz CT molecular complexity index is 497. The van der Waals surface area contributed by atoms with Gasteiger partial charge in [-0.05, 0) is 49.8 Å². The molecular weight excluding hydrogens is 252 g/mol. The second-order valence-electron chi connectivity index (χ2n) is 5.67. The largest absolute Gasteiger partial charge is 0.395 e. The summed E-state index contributed by atoms with van der Waals surface area (Å²) in [5.41, 5.74) is 3.06. The number of hydrogen-bond acceptors (Lipinski definition) is 3. The molecule has 1 aromatic carbocycles. The Morgan fingerprint density at radius 1 is 1.35 bits per heavy atom. The summed E-state index contributed by atoms with van der Waals surface area (Å²) in [5.74, 6) is 0.0873. The first-order valence-corrected chi connectivity index (χ1v) is 7.59. The number of benzene rings is 1. The van der Waals surface area contributed by atoms with Gasteiger partial charge in [0.2, 0.25) is 0 Å². The molecule has 0 unspecified atom stereocenters. The van der Waals surface area contributed by atoms with Crippen LogP contribution in [0.2, 0.25) is 0 Å². The average Bonchev–Trinajstić information content (AvgIpc) is 2.43. The van der Waals surface area contributed by atoms with E-state index in [1.54, 1.807) is 0 Å². The molecule has 1 aliphatic heterocycles. The normalized spacial score (nSPS) is 17.9. The zero-order valence-electron chi connectivity index (χ0n) is 11.8. The minimum Gasteiger partial charge on any atom is -0.395 e. The van der Waals surface area contributed by atoms with Crippen LogP contribution in [0.15, 0.2) is 18.2 Å². The number of amides is 1. The van der Waals surface area contributed by atoms with E-state index in [1.807, 2.05) is 23.1 Å². The number of aliphatic hydroxyl groups excluding tert-OH is 1. The summed E-state index contributed by atoms with van der Waals surface area (Å²) in [5, 5.41) is 12.6. The van der Waals surface area contributed by atoms with Gasteiger partial charge in [0.1, 0.15) is 0 Å². The van der Waals surface area contributed by atoms with Crippen LogP contribution in [0.1, 0.15) is 41.6 Å². The maximum absolute atomic E-state index is 12.8. The minimum absolute atomic E-state index is 0.0372. The summed E-state index contributed by atoms with van der Waals surface area (Å²) in [6, 6.07) is 6.24. The number of nitrogens with zero attached hydrogens (tertiary/aromatic N) is 1. The molecule has 1 amide bonds. The van der Waals surface area contributed by atoms with E-state index in [0.29, 0.717) is 12.6 Å². The predicted octanol–water partition coefficient (Wildman–Crippen LogP) is 2.03. The molecule has 108 valence electrons. The first-order valence-electron chi connectivity index (χ1n) is 7.59. The van der Waals surface area contributed by atoms with Crippen LogP contribution in [0, 0.1) is 0 Å². The first-order chi connectivity index (χ1) is 9.81. The molecule has 0 spiro atoms. The van der Waals surface area contributed by atoms with Crippen molar-refractivity contribution in [2.45, 2.75) is 38.1 Å². The summed E-state index contributed by atoms with van der Waals surface area (Å²) >= 11 is 0. The van der Waals surface area contributed by atoms with Crippen LogP contribution >= 0.6 is 0 Å². The van der Waals surface area contributed by atoms with Crippen molar-refractivity contribution in [3.63, 3.8) is 0 Å². The molecule has 2 N–H and O–H groups in total. The third kappa shape index (κ3) is 2.40. The molecule has 20 heavy (non-hydrogen) atoms. The van der Waals surface area contributed by atoms with Gasteiger partial charge < -0.3 is 15.3 Å². The molecule has 0 aromatic heterocycles. The van der Waals surface area contributed by atoms with E-state index in [4.69, 9.17) is 0 Å². The molecule has 4 nitrogen and oxygen atoms in total. The van der Waals surface area contributed by atoms with Crippen LogP contribution in [-0.2, 0) is 6.42 Å². The summed E-state index contributed by atoms with van der Waals surface area (Å²) in [6.45, 7) is 1.46. The topological polar surface area (TPSA) is 52.6 Å². The molecule has 1 heterocycles. The Balaban J connectivity index is 1.88. The number of fused-ring (bicyclic) bond motifs is 1. The smallest absolute Gasteiger partial charge is 0.254 e. The number of aliphatic hydroxyl groups is 1. The van der Waals surface area contributed by atoms with Crippen molar-refractivity contribution in [3.05, 3.63) is 29.3 Å². The third-order valence-electron chi connectivity index (χ3n) is 4.44. The van der Waals surface area contributed by atoms with Crippen LogP contribution in [-0.4, -0.2) is 41.7 Å². The Kier molecular flexibility index (Phi) is 3.92. The van der Waals surface area contributed by atoms with Crippen molar-refractivity contribution in [1.82, 2.24) is 4.90 Å². The van der Waals surface area contributed by atoms with Crippen molar-refractivity contribution in [2.75, 3.05) is 25.0 Å². The fourth-order valence-electron chi connectivity index (χ4n) is 3.12. The molecule has 1 saturated carbocycles. The average molecular weight is 274 g/mol. The molecule has 3 rings (SSSR count). The van der Waals surface area contributed by atoms with Crippen LogP contribution in [0.5, 0.6) is 0 Å². The summed E-state index contributed by atoms with van der Waals surface area (Å²) < 4.78 is 0. The SMILES string of the molecule is O=C(c1cccc2c1CCCN2)N(CCO)C1CCC1. The van der Waals surface area contributed by atoms with Crippen molar-refractivity contribution >= 4 is 11.6 Å². The Morgan fingerprint density at radius 3 is 2.90 bits per heavy atom. The highest BCUT2D eigenvalue weighted by Gasteiger charge is 2.30. The molecular formula is C16H22N2O2. The Labute approximate surface area is 119 Å². The van der Waals surface area contributed by atoms with Gasteiger partial charge in [0, 0.05) is 30.4 Å². The first kappa shape index (κ1) is 13.4. The summed E-state index contributed by atoms with van der Waals surface area (Å²) in [7, 11) is 0. The minimum atomic E-state index is 0.0372. The van der Waals surface area contributed by atoms with Crippen LogP contribution in [0.3, 0.4) is 0 Å². The van der Waals surface area contributed by atoms with Gasteiger partial charge in [0.15, 0.2) is 0 Å². The maximum atomic E-state index is 12.8. The van der Waals surface area contributed by atoms with Crippen LogP contribution < -0.4 is 5.32 Å². The lowest BCUT2D eigenvalue weighted by molar-refractivity contribution is 0.0524. The van der Waals surface area contributed by atoms with Gasteiger partial charge in [0.25, 0.3) is 5.91 Å². The van der Waals surface area contributed by atoms with Crippen molar-refractivity contribution in [1.29, 1.82) is 0 Å². The third-order valence-corrected chi connectivity index (χ3v) is 4.44. The fourth-order valence-corrected chi connectivity index (χ4v) is 3.12. The van der Waals surface area contributed by atoms with Gasteiger partial charge in [-0.1, -0.05) is 6.07 Å². The molecule has 1 aromatic rings. The lowest BCUT2D eigenvalue weighted by Crippen LogP contribution is -2.46. The molecule has 2 aliphatic rings. The molecule has 0 atom stereocenters. The number of nitrogens with one attached hydrogen (secondary N) is 1. The summed E-state index contributed by atoms with van der Waals surface area (Å²) in [4.78, 5) is 14.7. The number of hydrogen-bond donors (Lipinski definition) is 2. The molecule has 1 aliphatic carbocycles. The number of rotatable bonds is 4. The van der Waals surface area contributed by atoms with E-state index in [0.717, 1.165) is 49.0 Å². The molecule has 4 heteroatoms. The van der Waals surface area contributed by atoms with Gasteiger partial charge in [-0.2, -0.15) is 0 Å². The molecule has 1 fully saturated rings. The predicted molar refractivity (Wildman–Crippen MR) is 79.0 cm³/mol. The van der Waals surface area contributed by atoms with Gasteiger partial charge in [-0.15, -0.1) is 0 Å². The number of carbonyl (C=O) groups is 1. The van der Waals surface area contributed by atoms with Gasteiger partial charge >= 0.3 is 0 Å². The fraction of sp³-hybridized carbons (Fsp3) is 0.562.